The second kappa shape index (κ2) is 6.28. The van der Waals surface area contributed by atoms with E-state index >= 15 is 0 Å². The van der Waals surface area contributed by atoms with Crippen LogP contribution in [0.25, 0.3) is 11.1 Å². The topological polar surface area (TPSA) is 54.5 Å². The maximum atomic E-state index is 14.4. The molecule has 5 heteroatoms. The molecule has 0 radical (unpaired) electrons. The predicted octanol–water partition coefficient (Wildman–Crippen LogP) is 3.68. The van der Waals surface area contributed by atoms with Crippen LogP contribution in [0.15, 0.2) is 66.8 Å². The van der Waals surface area contributed by atoms with E-state index in [0.717, 1.165) is 4.90 Å². The zero-order valence-electron chi connectivity index (χ0n) is 13.5. The minimum absolute atomic E-state index is 0.240. The van der Waals surface area contributed by atoms with Crippen molar-refractivity contribution in [2.75, 3.05) is 4.90 Å². The van der Waals surface area contributed by atoms with E-state index in [0.29, 0.717) is 22.4 Å². The first-order chi connectivity index (χ1) is 11.9. The van der Waals surface area contributed by atoms with Crippen molar-refractivity contribution in [3.8, 4) is 11.1 Å². The van der Waals surface area contributed by atoms with E-state index in [1.807, 2.05) is 0 Å². The summed E-state index contributed by atoms with van der Waals surface area (Å²) >= 11 is 0. The van der Waals surface area contributed by atoms with E-state index in [4.69, 9.17) is 0 Å². The van der Waals surface area contributed by atoms with Crippen LogP contribution in [0.1, 0.15) is 17.3 Å². The Labute approximate surface area is 143 Å². The first kappa shape index (κ1) is 16.5. The smallest absolute Gasteiger partial charge is 0.258 e. The van der Waals surface area contributed by atoms with Crippen LogP contribution in [0.5, 0.6) is 0 Å². The molecule has 0 atom stereocenters. The first-order valence-corrected chi connectivity index (χ1v) is 7.55. The summed E-state index contributed by atoms with van der Waals surface area (Å²) in [5.41, 5.74) is 1.89. The lowest BCUT2D eigenvalue weighted by atomic mass is 9.99. The lowest BCUT2D eigenvalue weighted by Crippen LogP contribution is -2.29. The summed E-state index contributed by atoms with van der Waals surface area (Å²) in [7, 11) is 0. The molecule has 0 aromatic heterocycles. The van der Waals surface area contributed by atoms with E-state index in [1.54, 1.807) is 37.3 Å². The Morgan fingerprint density at radius 3 is 2.12 bits per heavy atom. The molecule has 3 rings (SSSR count). The van der Waals surface area contributed by atoms with Gasteiger partial charge in [-0.3, -0.25) is 14.4 Å². The molecule has 1 aliphatic heterocycles. The van der Waals surface area contributed by atoms with Gasteiger partial charge in [-0.1, -0.05) is 30.8 Å². The Bertz CT molecular complexity index is 924. The molecule has 0 saturated carbocycles. The molecule has 124 valence electrons. The minimum Gasteiger partial charge on any atom is -0.289 e. The van der Waals surface area contributed by atoms with Crippen LogP contribution < -0.4 is 4.90 Å². The number of carbonyl (C=O) groups is 3. The molecule has 0 fully saturated rings. The lowest BCUT2D eigenvalue weighted by molar-refractivity contribution is -0.119. The Morgan fingerprint density at radius 1 is 1.00 bits per heavy atom. The molecule has 25 heavy (non-hydrogen) atoms. The molecule has 2 aromatic rings. The molecule has 0 saturated heterocycles. The molecule has 0 N–H and O–H groups in total. The molecule has 0 unspecified atom stereocenters. The van der Waals surface area contributed by atoms with Crippen LogP contribution in [0, 0.1) is 5.82 Å². The Morgan fingerprint density at radius 2 is 1.60 bits per heavy atom. The highest BCUT2D eigenvalue weighted by Crippen LogP contribution is 2.27. The van der Waals surface area contributed by atoms with Crippen LogP contribution in [-0.2, 0) is 9.59 Å². The number of anilines is 1. The molecular weight excluding hydrogens is 321 g/mol. The number of Topliss-reactive ketones (excluding diaryl/α,β-unsaturated/α-hetero) is 1. The van der Waals surface area contributed by atoms with Crippen molar-refractivity contribution in [2.45, 2.75) is 6.92 Å². The van der Waals surface area contributed by atoms with Gasteiger partial charge in [-0.25, -0.2) is 9.29 Å². The molecule has 1 aliphatic rings. The number of hydrogen-bond donors (Lipinski definition) is 0. The number of allylic oxidation sites excluding steroid dienone is 1. The highest BCUT2D eigenvalue weighted by atomic mass is 19.1. The van der Waals surface area contributed by atoms with Crippen LogP contribution in [0.3, 0.4) is 0 Å². The maximum absolute atomic E-state index is 14.4. The number of imide groups is 1. The average molecular weight is 335 g/mol. The van der Waals surface area contributed by atoms with Crippen molar-refractivity contribution in [1.82, 2.24) is 0 Å². The summed E-state index contributed by atoms with van der Waals surface area (Å²) in [5.74, 6) is -1.66. The van der Waals surface area contributed by atoms with Gasteiger partial charge in [-0.2, -0.15) is 0 Å². The highest BCUT2D eigenvalue weighted by molar-refractivity contribution is 6.28. The molecule has 0 spiro atoms. The summed E-state index contributed by atoms with van der Waals surface area (Å²) in [6, 6.07) is 10.6. The molecule has 4 nitrogen and oxygen atoms in total. The van der Waals surface area contributed by atoms with Gasteiger partial charge in [0.2, 0.25) is 0 Å². The number of ketones is 1. The van der Waals surface area contributed by atoms with Crippen LogP contribution >= 0.6 is 0 Å². The highest BCUT2D eigenvalue weighted by Gasteiger charge is 2.25. The van der Waals surface area contributed by atoms with E-state index in [1.165, 1.54) is 24.3 Å². The van der Waals surface area contributed by atoms with Crippen molar-refractivity contribution in [3.63, 3.8) is 0 Å². The number of benzene rings is 2. The Balaban J connectivity index is 1.90. The van der Waals surface area contributed by atoms with Crippen LogP contribution in [0.4, 0.5) is 10.1 Å². The van der Waals surface area contributed by atoms with Gasteiger partial charge in [-0.15, -0.1) is 0 Å². The van der Waals surface area contributed by atoms with Crippen molar-refractivity contribution in [3.05, 3.63) is 78.1 Å². The molecule has 2 aromatic carbocycles. The monoisotopic (exact) mass is 335 g/mol. The van der Waals surface area contributed by atoms with E-state index in [9.17, 15) is 18.8 Å². The summed E-state index contributed by atoms with van der Waals surface area (Å²) in [5, 5.41) is 0. The fourth-order valence-electron chi connectivity index (χ4n) is 2.58. The number of nitrogens with zero attached hydrogens (tertiary/aromatic N) is 1. The quantitative estimate of drug-likeness (QED) is 0.486. The lowest BCUT2D eigenvalue weighted by Gasteiger charge is -2.14. The van der Waals surface area contributed by atoms with Gasteiger partial charge in [0.1, 0.15) is 5.82 Å². The largest absolute Gasteiger partial charge is 0.289 e. The Kier molecular flexibility index (Phi) is 4.15. The number of rotatable bonds is 4. The van der Waals surface area contributed by atoms with Crippen molar-refractivity contribution >= 4 is 23.3 Å². The van der Waals surface area contributed by atoms with Crippen molar-refractivity contribution < 1.29 is 18.8 Å². The molecular formula is C20H14FNO3. The van der Waals surface area contributed by atoms with Gasteiger partial charge < -0.3 is 0 Å². The fraction of sp³-hybridized carbons (Fsp3) is 0.0500. The van der Waals surface area contributed by atoms with E-state index in [-0.39, 0.29) is 11.3 Å². The molecule has 0 aliphatic carbocycles. The van der Waals surface area contributed by atoms with Crippen molar-refractivity contribution in [1.29, 1.82) is 0 Å². The molecule has 2 amide bonds. The summed E-state index contributed by atoms with van der Waals surface area (Å²) < 4.78 is 14.4. The van der Waals surface area contributed by atoms with E-state index < -0.39 is 17.6 Å². The number of halogens is 1. The second-order valence-electron chi connectivity index (χ2n) is 5.70. The molecule has 0 bridgehead atoms. The SMILES string of the molecule is C=C(C)C(=O)c1ccc(-c2ccc(N3C(=O)C=CC3=O)cc2)c(F)c1. The van der Waals surface area contributed by atoms with Crippen molar-refractivity contribution in [2.24, 2.45) is 0 Å². The van der Waals surface area contributed by atoms with Gasteiger partial charge in [0.05, 0.1) is 5.69 Å². The average Bonchev–Trinajstić information content (AvgIpc) is 2.93. The normalized spacial score (nSPS) is 13.4. The number of amides is 2. The minimum atomic E-state index is -0.533. The second-order valence-corrected chi connectivity index (χ2v) is 5.70. The van der Waals surface area contributed by atoms with Crippen LogP contribution in [0.2, 0.25) is 0 Å². The zero-order valence-corrected chi connectivity index (χ0v) is 13.5. The molecule has 1 heterocycles. The van der Waals surface area contributed by atoms with E-state index in [2.05, 4.69) is 6.58 Å². The van der Waals surface area contributed by atoms with Gasteiger partial charge in [-0.05, 0) is 36.3 Å². The van der Waals surface area contributed by atoms with Gasteiger partial charge >= 0.3 is 0 Å². The maximum Gasteiger partial charge on any atom is 0.258 e. The third kappa shape index (κ3) is 3.04. The van der Waals surface area contributed by atoms with Gasteiger partial charge in [0.25, 0.3) is 11.8 Å². The Hall–Kier alpha value is -3.34. The summed E-state index contributed by atoms with van der Waals surface area (Å²) in [6.07, 6.45) is 2.40. The van der Waals surface area contributed by atoms with Gasteiger partial charge in [0.15, 0.2) is 5.78 Å². The zero-order chi connectivity index (χ0) is 18.1. The number of carbonyl (C=O) groups excluding carboxylic acids is 3. The third-order valence-electron chi connectivity index (χ3n) is 3.86. The first-order valence-electron chi connectivity index (χ1n) is 7.55. The number of hydrogen-bond acceptors (Lipinski definition) is 3. The fourth-order valence-corrected chi connectivity index (χ4v) is 2.58. The summed E-state index contributed by atoms with van der Waals surface area (Å²) in [6.45, 7) is 5.14. The standard InChI is InChI=1S/C20H14FNO3/c1-12(2)20(25)14-5-8-16(17(21)11-14)13-3-6-15(7-4-13)22-18(23)9-10-19(22)24/h3-11H,1H2,2H3. The van der Waals surface area contributed by atoms with Gasteiger partial charge in [0, 0.05) is 23.3 Å². The predicted molar refractivity (Wildman–Crippen MR) is 92.6 cm³/mol. The third-order valence-corrected chi connectivity index (χ3v) is 3.86. The van der Waals surface area contributed by atoms with Crippen LogP contribution in [-0.4, -0.2) is 17.6 Å². The summed E-state index contributed by atoms with van der Waals surface area (Å²) in [4.78, 5) is 36.2.